The van der Waals surface area contributed by atoms with Gasteiger partial charge in [-0.05, 0) is 91.5 Å². The highest BCUT2D eigenvalue weighted by Crippen LogP contribution is 2.70. The molecule has 6 aliphatic rings. The Morgan fingerprint density at radius 1 is 1.19 bits per heavy atom. The van der Waals surface area contributed by atoms with Crippen LogP contribution in [0.25, 0.3) is 11.8 Å². The fourth-order valence-corrected chi connectivity index (χ4v) is 11.5. The van der Waals surface area contributed by atoms with Gasteiger partial charge in [-0.25, -0.2) is 9.07 Å². The highest BCUT2D eigenvalue weighted by molar-refractivity contribution is 5.91. The van der Waals surface area contributed by atoms with Gasteiger partial charge >= 0.3 is 0 Å². The SMILES string of the molecule is CCC[C@@H]1O[C@@H]2C[C@H]3[C@@H]4CCC5=Cc6c(cnn6-c6ccc(F)c(C[NH+]7CCC(O)CC7)c6)C[C@]5(C)[C@H]4[C@@H](O)C[C@]3(C)[C@]2(C(=O)CO)O1. The maximum absolute atomic E-state index is 15.0. The van der Waals surface area contributed by atoms with Gasteiger partial charge in [-0.15, -0.1) is 0 Å². The molecule has 10 heteroatoms. The third-order valence-electron chi connectivity index (χ3n) is 13.7. The Hall–Kier alpha value is -2.47. The number of halogens is 1. The largest absolute Gasteiger partial charge is 0.393 e. The lowest BCUT2D eigenvalue weighted by molar-refractivity contribution is -0.919. The van der Waals surface area contributed by atoms with Gasteiger partial charge in [0.25, 0.3) is 0 Å². The number of carbonyl (C=O) groups is 1. The number of ether oxygens (including phenoxy) is 2. The zero-order valence-electron chi connectivity index (χ0n) is 28.5. The summed E-state index contributed by atoms with van der Waals surface area (Å²) in [5.41, 5.74) is 2.80. The molecule has 3 saturated carbocycles. The molecular weight excluding hydrogens is 613 g/mol. The number of nitrogens with zero attached hydrogens (tertiary/aromatic N) is 2. The Morgan fingerprint density at radius 3 is 2.73 bits per heavy atom. The van der Waals surface area contributed by atoms with Gasteiger partial charge in [-0.2, -0.15) is 5.10 Å². The first-order valence-corrected chi connectivity index (χ1v) is 18.3. The van der Waals surface area contributed by atoms with Crippen LogP contribution in [0.4, 0.5) is 4.39 Å². The number of piperidine rings is 1. The molecule has 0 bridgehead atoms. The number of carbonyl (C=O) groups excluding carboxylic acids is 1. The van der Waals surface area contributed by atoms with Crippen molar-refractivity contribution in [2.75, 3.05) is 19.7 Å². The van der Waals surface area contributed by atoms with Crippen LogP contribution < -0.4 is 4.90 Å². The van der Waals surface area contributed by atoms with E-state index < -0.39 is 36.1 Å². The van der Waals surface area contributed by atoms with Crippen LogP contribution in [0.1, 0.15) is 89.0 Å². The molecule has 2 saturated heterocycles. The van der Waals surface area contributed by atoms with Crippen molar-refractivity contribution in [1.82, 2.24) is 9.78 Å². The van der Waals surface area contributed by atoms with E-state index >= 15 is 4.39 Å². The van der Waals surface area contributed by atoms with Crippen LogP contribution in [0.15, 0.2) is 30.0 Å². The molecule has 3 heterocycles. The van der Waals surface area contributed by atoms with E-state index in [0.717, 1.165) is 68.6 Å². The molecular formula is C38H51FN3O6+. The molecule has 0 unspecified atom stereocenters. The van der Waals surface area contributed by atoms with Gasteiger partial charge in [0.1, 0.15) is 19.0 Å². The standard InChI is InChI=1S/C38H50FN3O6/c1-4-5-34-47-33-16-28-27-8-6-24-15-30-23(17-36(24,2)35(27)31(45)18-37(28,3)38(33,48-34)32(46)21-43)19-40-42(30)25-7-9-29(39)22(14-25)20-41-12-10-26(44)11-13-41/h7,9,14-15,19,26-28,31,33-35,43-45H,4-6,8,10-13,16-18,20-21H2,1-3H3/p+1/t27-,28-,31-,33+,34+,35+,36-,37-,38+/m0/s1. The Labute approximate surface area is 282 Å². The van der Waals surface area contributed by atoms with Crippen LogP contribution in [0, 0.1) is 34.4 Å². The zero-order valence-corrected chi connectivity index (χ0v) is 28.5. The molecule has 0 amide bonds. The number of hydrogen-bond acceptors (Lipinski definition) is 7. The van der Waals surface area contributed by atoms with E-state index in [2.05, 4.69) is 26.8 Å². The predicted octanol–water partition coefficient (Wildman–Crippen LogP) is 3.16. The predicted molar refractivity (Wildman–Crippen MR) is 175 cm³/mol. The second kappa shape index (κ2) is 11.8. The average molecular weight is 665 g/mol. The number of likely N-dealkylation sites (tertiary alicyclic amines) is 1. The van der Waals surface area contributed by atoms with Gasteiger partial charge in [0.15, 0.2) is 17.7 Å². The molecule has 0 spiro atoms. The summed E-state index contributed by atoms with van der Waals surface area (Å²) >= 11 is 0. The summed E-state index contributed by atoms with van der Waals surface area (Å²) in [4.78, 5) is 14.9. The Balaban J connectivity index is 1.08. The number of hydrogen-bond donors (Lipinski definition) is 4. The first-order chi connectivity index (χ1) is 23.0. The van der Waals surface area contributed by atoms with Gasteiger partial charge < -0.3 is 29.7 Å². The number of Topliss-reactive ketones (excluding diaryl/α,β-unsaturated/α-hetero) is 1. The number of nitrogens with one attached hydrogen (secondary N) is 1. The Kier molecular flexibility index (Phi) is 8.05. The summed E-state index contributed by atoms with van der Waals surface area (Å²) in [6.07, 6.45) is 9.13. The van der Waals surface area contributed by atoms with Crippen molar-refractivity contribution < 1.29 is 38.9 Å². The maximum atomic E-state index is 15.0. The third kappa shape index (κ3) is 4.69. The van der Waals surface area contributed by atoms with Crippen LogP contribution >= 0.6 is 0 Å². The number of aliphatic hydroxyl groups excluding tert-OH is 3. The molecule has 4 aliphatic carbocycles. The molecule has 260 valence electrons. The Bertz CT molecular complexity index is 1620. The molecule has 9 nitrogen and oxygen atoms in total. The van der Waals surface area contributed by atoms with Crippen LogP contribution in [0.3, 0.4) is 0 Å². The molecule has 1 aromatic carbocycles. The van der Waals surface area contributed by atoms with E-state index in [1.807, 2.05) is 16.9 Å². The van der Waals surface area contributed by atoms with E-state index in [1.54, 1.807) is 12.1 Å². The van der Waals surface area contributed by atoms with Crippen LogP contribution in [0.5, 0.6) is 0 Å². The Morgan fingerprint density at radius 2 is 1.98 bits per heavy atom. The summed E-state index contributed by atoms with van der Waals surface area (Å²) < 4.78 is 29.9. The lowest BCUT2D eigenvalue weighted by atomic mass is 9.45. The van der Waals surface area contributed by atoms with Gasteiger partial charge in [0.05, 0.1) is 49.0 Å². The van der Waals surface area contributed by atoms with Crippen molar-refractivity contribution in [3.8, 4) is 5.69 Å². The number of aromatic nitrogens is 2. The molecule has 1 aromatic heterocycles. The van der Waals surface area contributed by atoms with E-state index in [-0.39, 0.29) is 40.9 Å². The number of fused-ring (bicyclic) bond motifs is 8. The normalized spacial score (nSPS) is 41.5. The van der Waals surface area contributed by atoms with Gasteiger partial charge in [0.2, 0.25) is 0 Å². The summed E-state index contributed by atoms with van der Waals surface area (Å²) in [5.74, 6) is -0.224. The first kappa shape index (κ1) is 32.7. The topological polar surface area (TPSA) is 118 Å². The van der Waals surface area contributed by atoms with Crippen molar-refractivity contribution in [2.24, 2.45) is 28.6 Å². The van der Waals surface area contributed by atoms with Gasteiger partial charge in [-0.3, -0.25) is 4.79 Å². The lowest BCUT2D eigenvalue weighted by Crippen LogP contribution is -3.12. The number of quaternary nitrogens is 1. The van der Waals surface area contributed by atoms with E-state index in [4.69, 9.17) is 14.6 Å². The van der Waals surface area contributed by atoms with Crippen LogP contribution in [-0.4, -0.2) is 80.8 Å². The minimum absolute atomic E-state index is 0.00193. The smallest absolute Gasteiger partial charge is 0.193 e. The first-order valence-electron chi connectivity index (χ1n) is 18.3. The molecule has 9 atom stereocenters. The van der Waals surface area contributed by atoms with Gasteiger partial charge in [-0.1, -0.05) is 32.8 Å². The quantitative estimate of drug-likeness (QED) is 0.359. The monoisotopic (exact) mass is 664 g/mol. The highest BCUT2D eigenvalue weighted by atomic mass is 19.1. The van der Waals surface area contributed by atoms with Crippen molar-refractivity contribution in [1.29, 1.82) is 0 Å². The molecule has 48 heavy (non-hydrogen) atoms. The van der Waals surface area contributed by atoms with Crippen LogP contribution in [0.2, 0.25) is 0 Å². The number of allylic oxidation sites excluding steroid dienone is 1. The molecule has 0 radical (unpaired) electrons. The molecule has 2 aliphatic heterocycles. The summed E-state index contributed by atoms with van der Waals surface area (Å²) in [6, 6.07) is 5.26. The van der Waals surface area contributed by atoms with E-state index in [0.29, 0.717) is 31.4 Å². The molecule has 5 fully saturated rings. The second-order valence-electron chi connectivity index (χ2n) is 16.2. The van der Waals surface area contributed by atoms with Crippen LogP contribution in [-0.2, 0) is 27.2 Å². The number of ketones is 1. The van der Waals surface area contributed by atoms with Crippen molar-refractivity contribution in [3.05, 3.63) is 52.6 Å². The lowest BCUT2D eigenvalue weighted by Gasteiger charge is -2.60. The highest BCUT2D eigenvalue weighted by Gasteiger charge is 2.75. The van der Waals surface area contributed by atoms with E-state index in [1.165, 1.54) is 10.5 Å². The van der Waals surface area contributed by atoms with Crippen molar-refractivity contribution in [3.63, 3.8) is 0 Å². The second-order valence-corrected chi connectivity index (χ2v) is 16.2. The fourth-order valence-electron chi connectivity index (χ4n) is 11.5. The fraction of sp³-hybridized carbons (Fsp3) is 0.684. The summed E-state index contributed by atoms with van der Waals surface area (Å²) in [6.45, 7) is 8.12. The van der Waals surface area contributed by atoms with Crippen molar-refractivity contribution in [2.45, 2.75) is 115 Å². The van der Waals surface area contributed by atoms with E-state index in [9.17, 15) is 20.1 Å². The number of rotatable bonds is 7. The van der Waals surface area contributed by atoms with Crippen molar-refractivity contribution >= 4 is 11.9 Å². The minimum Gasteiger partial charge on any atom is -0.393 e. The van der Waals surface area contributed by atoms with Gasteiger partial charge in [0, 0.05) is 23.8 Å². The minimum atomic E-state index is -1.24. The summed E-state index contributed by atoms with van der Waals surface area (Å²) in [5, 5.41) is 37.0. The maximum Gasteiger partial charge on any atom is 0.193 e. The third-order valence-corrected chi connectivity index (χ3v) is 13.7. The molecule has 2 aromatic rings. The zero-order chi connectivity index (χ0) is 33.6. The summed E-state index contributed by atoms with van der Waals surface area (Å²) in [7, 11) is 0. The molecule has 8 rings (SSSR count). The average Bonchev–Trinajstić information content (AvgIpc) is 3.70. The number of benzene rings is 1. The number of aliphatic hydroxyl groups is 3. The molecule has 4 N–H and O–H groups in total.